The minimum atomic E-state index is -4.39. The minimum Gasteiger partial charge on any atom is -0.496 e. The second kappa shape index (κ2) is 9.23. The molecule has 0 fully saturated rings. The topological polar surface area (TPSA) is 114 Å². The number of nitrogens with zero attached hydrogens (tertiary/aromatic N) is 2. The van der Waals surface area contributed by atoms with Gasteiger partial charge >= 0.3 is 16.1 Å². The largest absolute Gasteiger partial charge is 0.496 e. The zero-order valence-electron chi connectivity index (χ0n) is 18.0. The van der Waals surface area contributed by atoms with Crippen LogP contribution in [0.1, 0.15) is 28.5 Å². The van der Waals surface area contributed by atoms with Crippen molar-refractivity contribution in [2.24, 2.45) is 0 Å². The van der Waals surface area contributed by atoms with Crippen molar-refractivity contribution in [3.05, 3.63) is 75.7 Å². The van der Waals surface area contributed by atoms with E-state index in [4.69, 9.17) is 13.7 Å². The molecule has 0 unspecified atom stereocenters. The lowest BCUT2D eigenvalue weighted by Gasteiger charge is -2.14. The van der Waals surface area contributed by atoms with E-state index in [0.717, 1.165) is 16.3 Å². The zero-order valence-corrected chi connectivity index (χ0v) is 18.8. The van der Waals surface area contributed by atoms with Crippen LogP contribution in [0.3, 0.4) is 0 Å². The summed E-state index contributed by atoms with van der Waals surface area (Å²) >= 11 is 0. The first-order valence-corrected chi connectivity index (χ1v) is 11.1. The van der Waals surface area contributed by atoms with E-state index in [-0.39, 0.29) is 11.5 Å². The number of hydrogen-bond acceptors (Lipinski definition) is 8. The molecule has 10 heteroatoms. The number of methoxy groups -OCH3 is 1. The summed E-state index contributed by atoms with van der Waals surface area (Å²) in [5.74, 6) is -0.948. The Morgan fingerprint density at radius 1 is 1.03 bits per heavy atom. The highest BCUT2D eigenvalue weighted by atomic mass is 32.2. The van der Waals surface area contributed by atoms with Gasteiger partial charge in [0.2, 0.25) is 5.69 Å². The molecule has 0 radical (unpaired) electrons. The number of rotatable bonds is 7. The van der Waals surface area contributed by atoms with Crippen molar-refractivity contribution in [1.29, 1.82) is 0 Å². The van der Waals surface area contributed by atoms with Gasteiger partial charge in [0.15, 0.2) is 5.75 Å². The van der Waals surface area contributed by atoms with Gasteiger partial charge in [-0.2, -0.15) is 18.2 Å². The number of ether oxygens (including phenoxy) is 2. The van der Waals surface area contributed by atoms with Gasteiger partial charge in [0.05, 0.1) is 25.5 Å². The summed E-state index contributed by atoms with van der Waals surface area (Å²) in [6.45, 7) is 5.06. The molecule has 0 amide bonds. The summed E-state index contributed by atoms with van der Waals surface area (Å²) in [6, 6.07) is 12.0. The van der Waals surface area contributed by atoms with E-state index in [1.54, 1.807) is 45.0 Å². The van der Waals surface area contributed by atoms with Gasteiger partial charge in [-0.05, 0) is 56.2 Å². The normalized spacial score (nSPS) is 11.1. The van der Waals surface area contributed by atoms with E-state index < -0.39 is 33.1 Å². The molecule has 168 valence electrons. The van der Waals surface area contributed by atoms with Gasteiger partial charge in [-0.1, -0.05) is 18.2 Å². The fraction of sp³-hybridized carbons (Fsp3) is 0.227. The number of aromatic nitrogens is 2. The van der Waals surface area contributed by atoms with Crippen LogP contribution in [-0.2, 0) is 14.9 Å². The molecule has 1 heterocycles. The third kappa shape index (κ3) is 4.65. The monoisotopic (exact) mass is 458 g/mol. The highest BCUT2D eigenvalue weighted by Gasteiger charge is 2.26. The maximum atomic E-state index is 12.9. The summed E-state index contributed by atoms with van der Waals surface area (Å²) < 4.78 is 42.0. The van der Waals surface area contributed by atoms with E-state index in [2.05, 4.69) is 5.10 Å². The molecule has 0 atom stereocenters. The summed E-state index contributed by atoms with van der Waals surface area (Å²) in [5.41, 5.74) is 0.609. The van der Waals surface area contributed by atoms with Crippen LogP contribution in [-0.4, -0.2) is 37.9 Å². The van der Waals surface area contributed by atoms with Crippen molar-refractivity contribution in [2.45, 2.75) is 25.7 Å². The molecule has 0 saturated heterocycles. The number of esters is 1. The lowest BCUT2D eigenvalue weighted by molar-refractivity contribution is 0.0515. The van der Waals surface area contributed by atoms with Crippen LogP contribution >= 0.6 is 0 Å². The number of hydrogen-bond donors (Lipinski definition) is 0. The van der Waals surface area contributed by atoms with Gasteiger partial charge in [-0.25, -0.2) is 4.79 Å². The average Bonchev–Trinajstić information content (AvgIpc) is 2.74. The van der Waals surface area contributed by atoms with E-state index >= 15 is 0 Å². The molecule has 3 aromatic rings. The van der Waals surface area contributed by atoms with Crippen LogP contribution in [0.4, 0.5) is 0 Å². The third-order valence-electron chi connectivity index (χ3n) is 4.56. The molecular weight excluding hydrogens is 436 g/mol. The Balaban J connectivity index is 2.12. The highest BCUT2D eigenvalue weighted by Crippen LogP contribution is 2.25. The molecule has 0 N–H and O–H groups in total. The van der Waals surface area contributed by atoms with Crippen molar-refractivity contribution in [3.63, 3.8) is 0 Å². The molecule has 1 aromatic heterocycles. The maximum absolute atomic E-state index is 12.9. The molecule has 32 heavy (non-hydrogen) atoms. The molecule has 0 spiro atoms. The van der Waals surface area contributed by atoms with Crippen molar-refractivity contribution in [2.75, 3.05) is 13.7 Å². The van der Waals surface area contributed by atoms with Crippen LogP contribution in [0.25, 0.3) is 5.69 Å². The second-order valence-electron chi connectivity index (χ2n) is 6.78. The Labute approximate surface area is 185 Å². The molecule has 0 aliphatic rings. The highest BCUT2D eigenvalue weighted by molar-refractivity contribution is 7.87. The lowest BCUT2D eigenvalue weighted by Crippen LogP contribution is -2.26. The predicted molar refractivity (Wildman–Crippen MR) is 116 cm³/mol. The number of carbonyl (C=O) groups is 1. The van der Waals surface area contributed by atoms with Crippen LogP contribution in [0.2, 0.25) is 0 Å². The number of benzene rings is 2. The van der Waals surface area contributed by atoms with Crippen LogP contribution < -0.4 is 14.5 Å². The fourth-order valence-electron chi connectivity index (χ4n) is 2.99. The third-order valence-corrected chi connectivity index (χ3v) is 5.79. The van der Waals surface area contributed by atoms with Crippen molar-refractivity contribution >= 4 is 16.1 Å². The Kier molecular flexibility index (Phi) is 6.64. The Hall–Kier alpha value is -3.66. The Morgan fingerprint density at radius 2 is 1.75 bits per heavy atom. The molecule has 0 saturated carbocycles. The van der Waals surface area contributed by atoms with E-state index in [1.807, 2.05) is 0 Å². The molecule has 2 aromatic carbocycles. The Morgan fingerprint density at radius 3 is 2.38 bits per heavy atom. The standard InChI is InChI=1S/C22H22N2O7S/c1-5-30-22(26)21-19(13-20(25)24(23-21)17-9-7-6-8-14(17)2)31-32(27,28)16-10-11-18(29-4)15(3)12-16/h6-13H,5H2,1-4H3. The molecule has 0 aliphatic heterocycles. The number of carbonyl (C=O) groups excluding carboxylic acids is 1. The summed E-state index contributed by atoms with van der Waals surface area (Å²) in [4.78, 5) is 25.1. The summed E-state index contributed by atoms with van der Waals surface area (Å²) in [6.07, 6.45) is 0. The van der Waals surface area contributed by atoms with Crippen LogP contribution in [0, 0.1) is 13.8 Å². The molecule has 0 aliphatic carbocycles. The minimum absolute atomic E-state index is 0.0217. The average molecular weight is 458 g/mol. The quantitative estimate of drug-likeness (QED) is 0.392. The number of para-hydroxylation sites is 1. The summed E-state index contributed by atoms with van der Waals surface area (Å²) in [7, 11) is -2.92. The molecule has 3 rings (SSSR count). The van der Waals surface area contributed by atoms with Crippen LogP contribution in [0.5, 0.6) is 11.5 Å². The Bertz CT molecular complexity index is 1330. The SMILES string of the molecule is CCOC(=O)c1nn(-c2ccccc2C)c(=O)cc1OS(=O)(=O)c1ccc(OC)c(C)c1. The van der Waals surface area contributed by atoms with E-state index in [9.17, 15) is 18.0 Å². The first kappa shape index (κ1) is 23.0. The predicted octanol–water partition coefficient (Wildman–Crippen LogP) is 2.80. The number of aryl methyl sites for hydroxylation is 2. The first-order valence-electron chi connectivity index (χ1n) is 9.64. The van der Waals surface area contributed by atoms with Gasteiger partial charge in [0.1, 0.15) is 10.6 Å². The van der Waals surface area contributed by atoms with Crippen molar-refractivity contribution < 1.29 is 26.9 Å². The second-order valence-corrected chi connectivity index (χ2v) is 8.33. The zero-order chi connectivity index (χ0) is 23.5. The van der Waals surface area contributed by atoms with E-state index in [0.29, 0.717) is 17.0 Å². The first-order chi connectivity index (χ1) is 15.2. The van der Waals surface area contributed by atoms with Gasteiger partial charge in [0, 0.05) is 0 Å². The van der Waals surface area contributed by atoms with Gasteiger partial charge in [-0.3, -0.25) is 4.79 Å². The van der Waals surface area contributed by atoms with Gasteiger partial charge in [0.25, 0.3) is 5.56 Å². The molecule has 0 bridgehead atoms. The van der Waals surface area contributed by atoms with Gasteiger partial charge in [-0.15, -0.1) is 0 Å². The summed E-state index contributed by atoms with van der Waals surface area (Å²) in [5, 5.41) is 4.06. The van der Waals surface area contributed by atoms with Crippen molar-refractivity contribution in [1.82, 2.24) is 9.78 Å². The molecular formula is C22H22N2O7S. The van der Waals surface area contributed by atoms with Crippen molar-refractivity contribution in [3.8, 4) is 17.2 Å². The maximum Gasteiger partial charge on any atom is 0.362 e. The fourth-order valence-corrected chi connectivity index (χ4v) is 4.01. The smallest absolute Gasteiger partial charge is 0.362 e. The van der Waals surface area contributed by atoms with E-state index in [1.165, 1.54) is 25.3 Å². The lowest BCUT2D eigenvalue weighted by atomic mass is 10.2. The van der Waals surface area contributed by atoms with Crippen LogP contribution in [0.15, 0.2) is 58.2 Å². The molecule has 9 nitrogen and oxygen atoms in total. The van der Waals surface area contributed by atoms with Gasteiger partial charge < -0.3 is 13.7 Å².